The number of carbonyl (C=O) groups excluding carboxylic acids is 2. The number of ketones is 1. The van der Waals surface area contributed by atoms with E-state index in [-0.39, 0.29) is 21.8 Å². The van der Waals surface area contributed by atoms with Crippen molar-refractivity contribution in [2.75, 3.05) is 28.3 Å². The molecule has 1 atom stereocenters. The maximum atomic E-state index is 12.7. The average molecular weight is 421 g/mol. The fraction of sp³-hybridized carbons (Fsp3) is 0.300. The molecule has 0 aliphatic carbocycles. The molecule has 156 valence electrons. The van der Waals surface area contributed by atoms with Crippen LogP contribution in [0.25, 0.3) is 0 Å². The molecule has 0 radical (unpaired) electrons. The molecule has 0 saturated heterocycles. The average Bonchev–Trinajstić information content (AvgIpc) is 2.72. The van der Waals surface area contributed by atoms with Gasteiger partial charge >= 0.3 is 5.97 Å². The van der Waals surface area contributed by atoms with Crippen LogP contribution in [0, 0.1) is 0 Å². The minimum absolute atomic E-state index is 0.0225. The second-order valence-corrected chi connectivity index (χ2v) is 8.45. The van der Waals surface area contributed by atoms with Gasteiger partial charge < -0.3 is 14.2 Å². The van der Waals surface area contributed by atoms with Crippen LogP contribution in [-0.4, -0.2) is 58.9 Å². The summed E-state index contributed by atoms with van der Waals surface area (Å²) in [6.07, 6.45) is -1.11. The molecule has 9 heteroatoms. The zero-order valence-corrected chi connectivity index (χ0v) is 17.6. The molecule has 0 heterocycles. The first-order valence-electron chi connectivity index (χ1n) is 8.61. The van der Waals surface area contributed by atoms with Crippen molar-refractivity contribution in [2.24, 2.45) is 0 Å². The van der Waals surface area contributed by atoms with Crippen molar-refractivity contribution < 1.29 is 32.2 Å². The number of hydrogen-bond acceptors (Lipinski definition) is 7. The number of rotatable bonds is 8. The third kappa shape index (κ3) is 4.93. The Morgan fingerprint density at radius 2 is 1.69 bits per heavy atom. The Morgan fingerprint density at radius 1 is 1.00 bits per heavy atom. The molecule has 2 aromatic carbocycles. The SMILES string of the molecule is COc1ccc(C(=O)[C@@H](C)OC(=O)c2cccc(S(=O)(=O)N(C)C)c2)c(OC)c1. The molecule has 0 aliphatic rings. The summed E-state index contributed by atoms with van der Waals surface area (Å²) in [6, 6.07) is 10.1. The lowest BCUT2D eigenvalue weighted by atomic mass is 10.1. The van der Waals surface area contributed by atoms with Crippen LogP contribution in [0.3, 0.4) is 0 Å². The maximum absolute atomic E-state index is 12.7. The third-order valence-corrected chi connectivity index (χ3v) is 5.99. The predicted molar refractivity (Wildman–Crippen MR) is 106 cm³/mol. The van der Waals surface area contributed by atoms with E-state index in [1.165, 1.54) is 65.6 Å². The van der Waals surface area contributed by atoms with Crippen LogP contribution in [0.4, 0.5) is 0 Å². The molecule has 0 N–H and O–H groups in total. The minimum atomic E-state index is -3.71. The molecule has 0 saturated carbocycles. The van der Waals surface area contributed by atoms with Crippen LogP contribution in [0.1, 0.15) is 27.6 Å². The van der Waals surface area contributed by atoms with Crippen LogP contribution in [0.5, 0.6) is 11.5 Å². The Labute approximate surface area is 170 Å². The molecule has 0 amide bonds. The molecule has 0 fully saturated rings. The van der Waals surface area contributed by atoms with Crippen LogP contribution < -0.4 is 9.47 Å². The Kier molecular flexibility index (Phi) is 6.99. The summed E-state index contributed by atoms with van der Waals surface area (Å²) < 4.78 is 41.1. The van der Waals surface area contributed by atoms with Crippen molar-refractivity contribution >= 4 is 21.8 Å². The molecule has 0 spiro atoms. The van der Waals surface area contributed by atoms with Gasteiger partial charge in [-0.15, -0.1) is 0 Å². The summed E-state index contributed by atoms with van der Waals surface area (Å²) in [6.45, 7) is 1.43. The molecular weight excluding hydrogens is 398 g/mol. The topological polar surface area (TPSA) is 99.2 Å². The van der Waals surface area contributed by atoms with Crippen molar-refractivity contribution in [3.63, 3.8) is 0 Å². The molecule has 0 unspecified atom stereocenters. The zero-order chi connectivity index (χ0) is 21.8. The summed E-state index contributed by atoms with van der Waals surface area (Å²) in [5.41, 5.74) is 0.256. The van der Waals surface area contributed by atoms with Crippen LogP contribution in [0.15, 0.2) is 47.4 Å². The lowest BCUT2D eigenvalue weighted by Crippen LogP contribution is -2.25. The van der Waals surface area contributed by atoms with Crippen molar-refractivity contribution in [1.29, 1.82) is 0 Å². The molecule has 29 heavy (non-hydrogen) atoms. The van der Waals surface area contributed by atoms with E-state index in [1.54, 1.807) is 12.1 Å². The van der Waals surface area contributed by atoms with E-state index in [1.807, 2.05) is 0 Å². The van der Waals surface area contributed by atoms with Gasteiger partial charge in [-0.3, -0.25) is 4.79 Å². The summed E-state index contributed by atoms with van der Waals surface area (Å²) in [5.74, 6) is -0.470. The van der Waals surface area contributed by atoms with Gasteiger partial charge in [0, 0.05) is 20.2 Å². The molecule has 2 rings (SSSR count). The first kappa shape index (κ1) is 22.4. The van der Waals surface area contributed by atoms with Crippen molar-refractivity contribution in [2.45, 2.75) is 17.9 Å². The van der Waals surface area contributed by atoms with E-state index in [0.717, 1.165) is 4.31 Å². The maximum Gasteiger partial charge on any atom is 0.338 e. The van der Waals surface area contributed by atoms with Gasteiger partial charge in [-0.2, -0.15) is 0 Å². The quantitative estimate of drug-likeness (QED) is 0.477. The normalized spacial score (nSPS) is 12.3. The van der Waals surface area contributed by atoms with E-state index in [9.17, 15) is 18.0 Å². The molecule has 2 aromatic rings. The number of methoxy groups -OCH3 is 2. The zero-order valence-electron chi connectivity index (χ0n) is 16.8. The van der Waals surface area contributed by atoms with Crippen molar-refractivity contribution in [3.05, 3.63) is 53.6 Å². The van der Waals surface area contributed by atoms with Gasteiger partial charge in [0.05, 0.1) is 30.2 Å². The number of benzene rings is 2. The second kappa shape index (κ2) is 9.06. The van der Waals surface area contributed by atoms with E-state index < -0.39 is 27.9 Å². The van der Waals surface area contributed by atoms with Gasteiger partial charge in [-0.05, 0) is 37.3 Å². The molecule has 0 aliphatic heterocycles. The van der Waals surface area contributed by atoms with Gasteiger partial charge in [-0.1, -0.05) is 6.07 Å². The summed E-state index contributed by atoms with van der Waals surface area (Å²) in [5, 5.41) is 0. The largest absolute Gasteiger partial charge is 0.497 e. The summed E-state index contributed by atoms with van der Waals surface area (Å²) in [7, 11) is 1.99. The molecule has 0 aromatic heterocycles. The van der Waals surface area contributed by atoms with E-state index in [4.69, 9.17) is 14.2 Å². The van der Waals surface area contributed by atoms with Crippen molar-refractivity contribution in [1.82, 2.24) is 4.31 Å². The molecule has 8 nitrogen and oxygen atoms in total. The monoisotopic (exact) mass is 421 g/mol. The van der Waals surface area contributed by atoms with Crippen LogP contribution in [-0.2, 0) is 14.8 Å². The standard InChI is InChI=1S/C20H23NO7S/c1-13(19(22)17-10-9-15(26-4)12-18(17)27-5)28-20(23)14-7-6-8-16(11-14)29(24,25)21(2)3/h6-13H,1-5H3/t13-/m1/s1. The van der Waals surface area contributed by atoms with Gasteiger partial charge in [0.25, 0.3) is 0 Å². The smallest absolute Gasteiger partial charge is 0.338 e. The van der Waals surface area contributed by atoms with Crippen LogP contribution in [0.2, 0.25) is 0 Å². The highest BCUT2D eigenvalue weighted by atomic mass is 32.2. The highest BCUT2D eigenvalue weighted by Crippen LogP contribution is 2.26. The van der Waals surface area contributed by atoms with Gasteiger partial charge in [0.1, 0.15) is 11.5 Å². The Morgan fingerprint density at radius 3 is 2.28 bits per heavy atom. The molecule has 0 bridgehead atoms. The Bertz CT molecular complexity index is 1020. The van der Waals surface area contributed by atoms with Gasteiger partial charge in [-0.25, -0.2) is 17.5 Å². The lowest BCUT2D eigenvalue weighted by Gasteiger charge is -2.16. The van der Waals surface area contributed by atoms with Crippen molar-refractivity contribution in [3.8, 4) is 11.5 Å². The number of nitrogens with zero attached hydrogens (tertiary/aromatic N) is 1. The first-order valence-corrected chi connectivity index (χ1v) is 10.1. The lowest BCUT2D eigenvalue weighted by molar-refractivity contribution is 0.0317. The van der Waals surface area contributed by atoms with Gasteiger partial charge in [0.2, 0.25) is 15.8 Å². The summed E-state index contributed by atoms with van der Waals surface area (Å²) >= 11 is 0. The number of Topliss-reactive ketones (excluding diaryl/α,β-unsaturated/α-hetero) is 1. The van der Waals surface area contributed by atoms with Crippen LogP contribution >= 0.6 is 0 Å². The fourth-order valence-corrected chi connectivity index (χ4v) is 3.45. The number of ether oxygens (including phenoxy) is 3. The fourth-order valence-electron chi connectivity index (χ4n) is 2.50. The summed E-state index contributed by atoms with van der Waals surface area (Å²) in [4.78, 5) is 25.1. The second-order valence-electron chi connectivity index (χ2n) is 6.29. The van der Waals surface area contributed by atoms with Gasteiger partial charge in [0.15, 0.2) is 6.10 Å². The van der Waals surface area contributed by atoms with E-state index >= 15 is 0 Å². The van der Waals surface area contributed by atoms with E-state index in [0.29, 0.717) is 5.75 Å². The highest BCUT2D eigenvalue weighted by Gasteiger charge is 2.25. The number of sulfonamides is 1. The Balaban J connectivity index is 2.22. The minimum Gasteiger partial charge on any atom is -0.497 e. The molecular formula is C20H23NO7S. The highest BCUT2D eigenvalue weighted by molar-refractivity contribution is 7.89. The number of hydrogen-bond donors (Lipinski definition) is 0. The van der Waals surface area contributed by atoms with E-state index in [2.05, 4.69) is 0 Å². The first-order chi connectivity index (χ1) is 13.6. The number of carbonyl (C=O) groups is 2. The predicted octanol–water partition coefficient (Wildman–Crippen LogP) is 2.38. The number of esters is 1. The Hall–Kier alpha value is -2.91. The third-order valence-electron chi connectivity index (χ3n) is 4.18.